The van der Waals surface area contributed by atoms with E-state index in [9.17, 15) is 0 Å². The van der Waals surface area contributed by atoms with Crippen molar-refractivity contribution in [2.45, 2.75) is 0 Å². The first kappa shape index (κ1) is 19.4. The molecular weight excluding hydrogens is 438 g/mol. The molecule has 8 aromatic rings. The third kappa shape index (κ3) is 2.65. The minimum Gasteiger partial charge on any atom is -0.224 e. The van der Waals surface area contributed by atoms with Crippen molar-refractivity contribution in [1.29, 1.82) is 0 Å². The Kier molecular flexibility index (Phi) is 3.94. The normalized spacial score (nSPS) is 11.9. The van der Waals surface area contributed by atoms with Crippen LogP contribution in [0.2, 0.25) is 0 Å². The Labute approximate surface area is 206 Å². The minimum absolute atomic E-state index is 0.641. The van der Waals surface area contributed by atoms with Crippen LogP contribution in [0.5, 0.6) is 0 Å². The lowest BCUT2D eigenvalue weighted by molar-refractivity contribution is 1.04. The van der Waals surface area contributed by atoms with Crippen molar-refractivity contribution >= 4 is 64.9 Å². The molecule has 3 nitrogen and oxygen atoms in total. The fourth-order valence-electron chi connectivity index (χ4n) is 5.71. The molecule has 0 aliphatic rings. The molecule has 8 rings (SSSR count). The summed E-state index contributed by atoms with van der Waals surface area (Å²) in [6, 6.07) is 40.6. The molecule has 7 aromatic carbocycles. The van der Waals surface area contributed by atoms with Crippen LogP contribution in [0.15, 0.2) is 115 Å². The van der Waals surface area contributed by atoms with Gasteiger partial charge in [0.2, 0.25) is 0 Å². The van der Waals surface area contributed by atoms with Crippen LogP contribution < -0.4 is 0 Å². The fourth-order valence-corrected chi connectivity index (χ4v) is 5.71. The van der Waals surface area contributed by atoms with E-state index in [4.69, 9.17) is 10.1 Å². The summed E-state index contributed by atoms with van der Waals surface area (Å²) in [4.78, 5) is 5.10. The predicted molar refractivity (Wildman–Crippen MR) is 150 cm³/mol. The van der Waals surface area contributed by atoms with Crippen molar-refractivity contribution in [2.75, 3.05) is 0 Å². The van der Waals surface area contributed by atoms with Crippen LogP contribution in [-0.2, 0) is 0 Å². The number of hydrogen-bond donors (Lipinski definition) is 0. The Balaban J connectivity index is 1.45. The van der Waals surface area contributed by atoms with Crippen molar-refractivity contribution in [3.8, 4) is 11.4 Å². The van der Waals surface area contributed by atoms with Gasteiger partial charge in [-0.3, -0.25) is 0 Å². The topological polar surface area (TPSA) is 38.7 Å². The van der Waals surface area contributed by atoms with Crippen LogP contribution in [0.4, 0.5) is 0 Å². The van der Waals surface area contributed by atoms with Gasteiger partial charge in [0.15, 0.2) is 5.82 Å². The first-order valence-electron chi connectivity index (χ1n) is 12.1. The molecule has 0 radical (unpaired) electrons. The van der Waals surface area contributed by atoms with E-state index in [0.29, 0.717) is 5.82 Å². The van der Waals surface area contributed by atoms with Gasteiger partial charge in [-0.1, -0.05) is 109 Å². The molecule has 0 unspecified atom stereocenters. The standard InChI is InChI=1S/C33H19N3/c1-2-11-23-21(9-1)22-10-3-4-14-26(22)30-19-20(17-18-27(23)30)33-34-31-28-15-7-5-12-24(28)25-13-6-8-16-29(25)32(31)35-36-33/h1-19H. The molecule has 0 saturated heterocycles. The number of nitrogens with zero attached hydrogens (tertiary/aromatic N) is 3. The second kappa shape index (κ2) is 7.30. The van der Waals surface area contributed by atoms with E-state index in [1.54, 1.807) is 0 Å². The highest BCUT2D eigenvalue weighted by atomic mass is 15.2. The van der Waals surface area contributed by atoms with Crippen LogP contribution >= 0.6 is 0 Å². The zero-order chi connectivity index (χ0) is 23.6. The van der Waals surface area contributed by atoms with Crippen LogP contribution in [0.1, 0.15) is 0 Å². The summed E-state index contributed by atoms with van der Waals surface area (Å²) in [6.45, 7) is 0. The molecule has 0 bridgehead atoms. The summed E-state index contributed by atoms with van der Waals surface area (Å²) < 4.78 is 0. The zero-order valence-corrected chi connectivity index (χ0v) is 19.3. The van der Waals surface area contributed by atoms with Gasteiger partial charge in [0, 0.05) is 16.3 Å². The van der Waals surface area contributed by atoms with E-state index in [0.717, 1.165) is 27.4 Å². The molecule has 0 aliphatic heterocycles. The molecule has 0 saturated carbocycles. The van der Waals surface area contributed by atoms with Crippen LogP contribution in [-0.4, -0.2) is 15.2 Å². The van der Waals surface area contributed by atoms with E-state index >= 15 is 0 Å². The molecule has 0 amide bonds. The second-order valence-corrected chi connectivity index (χ2v) is 9.28. The van der Waals surface area contributed by atoms with Gasteiger partial charge in [0.25, 0.3) is 0 Å². The molecule has 0 atom stereocenters. The molecular formula is C33H19N3. The van der Waals surface area contributed by atoms with Gasteiger partial charge in [-0.15, -0.1) is 10.2 Å². The largest absolute Gasteiger partial charge is 0.224 e. The Hall–Kier alpha value is -4.89. The quantitative estimate of drug-likeness (QED) is 0.232. The molecule has 3 heteroatoms. The molecule has 166 valence electrons. The van der Waals surface area contributed by atoms with Gasteiger partial charge in [0.05, 0.1) is 0 Å². The summed E-state index contributed by atoms with van der Waals surface area (Å²) >= 11 is 0. The van der Waals surface area contributed by atoms with Crippen molar-refractivity contribution in [2.24, 2.45) is 0 Å². The van der Waals surface area contributed by atoms with E-state index in [1.807, 2.05) is 6.07 Å². The lowest BCUT2D eigenvalue weighted by Crippen LogP contribution is -1.96. The van der Waals surface area contributed by atoms with E-state index < -0.39 is 0 Å². The zero-order valence-electron chi connectivity index (χ0n) is 19.3. The number of rotatable bonds is 1. The van der Waals surface area contributed by atoms with Gasteiger partial charge in [-0.05, 0) is 49.2 Å². The Morgan fingerprint density at radius 3 is 1.31 bits per heavy atom. The average Bonchev–Trinajstić information content (AvgIpc) is 2.97. The number of fused-ring (bicyclic) bond motifs is 12. The van der Waals surface area contributed by atoms with Crippen LogP contribution in [0.25, 0.3) is 76.3 Å². The molecule has 36 heavy (non-hydrogen) atoms. The molecule has 0 spiro atoms. The highest BCUT2D eigenvalue weighted by Gasteiger charge is 2.14. The summed E-state index contributed by atoms with van der Waals surface area (Å²) in [5.74, 6) is 0.641. The lowest BCUT2D eigenvalue weighted by Gasteiger charge is -2.12. The average molecular weight is 458 g/mol. The van der Waals surface area contributed by atoms with Crippen molar-refractivity contribution in [3.05, 3.63) is 115 Å². The number of hydrogen-bond acceptors (Lipinski definition) is 3. The van der Waals surface area contributed by atoms with E-state index in [2.05, 4.69) is 114 Å². The van der Waals surface area contributed by atoms with Crippen LogP contribution in [0.3, 0.4) is 0 Å². The van der Waals surface area contributed by atoms with Gasteiger partial charge in [-0.2, -0.15) is 0 Å². The smallest absolute Gasteiger partial charge is 0.182 e. The molecule has 0 fully saturated rings. The van der Waals surface area contributed by atoms with Gasteiger partial charge < -0.3 is 0 Å². The Morgan fingerprint density at radius 1 is 0.333 bits per heavy atom. The molecule has 1 heterocycles. The number of benzene rings is 7. The Bertz CT molecular complexity index is 1930. The molecule has 0 aliphatic carbocycles. The summed E-state index contributed by atoms with van der Waals surface area (Å²) in [5, 5.41) is 21.3. The van der Waals surface area contributed by atoms with Crippen molar-refractivity contribution in [1.82, 2.24) is 15.2 Å². The predicted octanol–water partition coefficient (Wildman–Crippen LogP) is 8.46. The van der Waals surface area contributed by atoms with E-state index in [-0.39, 0.29) is 0 Å². The summed E-state index contributed by atoms with van der Waals surface area (Å²) in [7, 11) is 0. The van der Waals surface area contributed by atoms with Crippen LogP contribution in [0, 0.1) is 0 Å². The van der Waals surface area contributed by atoms with Crippen molar-refractivity contribution in [3.63, 3.8) is 0 Å². The summed E-state index contributed by atoms with van der Waals surface area (Å²) in [6.07, 6.45) is 0. The van der Waals surface area contributed by atoms with Gasteiger partial charge in [-0.25, -0.2) is 4.98 Å². The monoisotopic (exact) mass is 457 g/mol. The second-order valence-electron chi connectivity index (χ2n) is 9.28. The van der Waals surface area contributed by atoms with Gasteiger partial charge >= 0.3 is 0 Å². The van der Waals surface area contributed by atoms with E-state index in [1.165, 1.54) is 43.1 Å². The highest BCUT2D eigenvalue weighted by molar-refractivity contribution is 6.26. The third-order valence-electron chi connectivity index (χ3n) is 7.34. The Morgan fingerprint density at radius 2 is 0.750 bits per heavy atom. The lowest BCUT2D eigenvalue weighted by atomic mass is 9.93. The fraction of sp³-hybridized carbons (Fsp3) is 0. The maximum atomic E-state index is 5.10. The maximum Gasteiger partial charge on any atom is 0.182 e. The maximum absolute atomic E-state index is 5.10. The third-order valence-corrected chi connectivity index (χ3v) is 7.34. The first-order chi connectivity index (χ1) is 17.9. The van der Waals surface area contributed by atoms with Crippen molar-refractivity contribution < 1.29 is 0 Å². The SMILES string of the molecule is c1ccc2c(c1)c1ccccc1c1cc(-c3nnc4c5ccccc5c5ccccc5c4n3)ccc21. The molecule has 0 N–H and O–H groups in total. The first-order valence-corrected chi connectivity index (χ1v) is 12.1. The van der Waals surface area contributed by atoms with Gasteiger partial charge in [0.1, 0.15) is 11.0 Å². The molecule has 1 aromatic heterocycles. The number of aromatic nitrogens is 3. The summed E-state index contributed by atoms with van der Waals surface area (Å²) in [5.41, 5.74) is 2.69. The minimum atomic E-state index is 0.641. The highest BCUT2D eigenvalue weighted by Crippen LogP contribution is 2.37.